The van der Waals surface area contributed by atoms with Crippen LogP contribution in [0.3, 0.4) is 0 Å². The molecule has 20 heavy (non-hydrogen) atoms. The van der Waals surface area contributed by atoms with Crippen LogP contribution in [0.25, 0.3) is 0 Å². The summed E-state index contributed by atoms with van der Waals surface area (Å²) in [6.07, 6.45) is 2.77. The van der Waals surface area contributed by atoms with Gasteiger partial charge in [0.25, 0.3) is 0 Å². The highest BCUT2D eigenvalue weighted by Crippen LogP contribution is 2.31. The normalized spacial score (nSPS) is 26.2. The van der Waals surface area contributed by atoms with Crippen LogP contribution in [0.5, 0.6) is 5.75 Å². The molecular formula is C15H21FN2O2. The zero-order valence-corrected chi connectivity index (χ0v) is 11.9. The molecule has 2 atom stereocenters. The number of halogens is 1. The average Bonchev–Trinajstić information content (AvgIpc) is 2.43. The van der Waals surface area contributed by atoms with E-state index in [0.717, 1.165) is 12.8 Å². The summed E-state index contributed by atoms with van der Waals surface area (Å²) in [5.74, 6) is -0.147. The second-order valence-electron chi connectivity index (χ2n) is 5.44. The lowest BCUT2D eigenvalue weighted by molar-refractivity contribution is -0.126. The Labute approximate surface area is 118 Å². The SMILES string of the molecule is CNC1(C(N)=O)CCCC(Oc2ccc(C)c(F)c2)C1. The number of rotatable bonds is 4. The highest BCUT2D eigenvalue weighted by Gasteiger charge is 2.40. The summed E-state index contributed by atoms with van der Waals surface area (Å²) in [4.78, 5) is 11.6. The van der Waals surface area contributed by atoms with Crippen LogP contribution >= 0.6 is 0 Å². The molecule has 1 aliphatic carbocycles. The fourth-order valence-corrected chi connectivity index (χ4v) is 2.74. The van der Waals surface area contributed by atoms with Crippen molar-refractivity contribution in [3.63, 3.8) is 0 Å². The Bertz CT molecular complexity index is 507. The summed E-state index contributed by atoms with van der Waals surface area (Å²) >= 11 is 0. The molecule has 0 spiro atoms. The van der Waals surface area contributed by atoms with Crippen molar-refractivity contribution in [2.75, 3.05) is 7.05 Å². The van der Waals surface area contributed by atoms with Crippen LogP contribution in [-0.4, -0.2) is 24.6 Å². The number of benzene rings is 1. The maximum atomic E-state index is 13.5. The summed E-state index contributed by atoms with van der Waals surface area (Å²) in [5.41, 5.74) is 5.37. The number of nitrogens with two attached hydrogens (primary N) is 1. The largest absolute Gasteiger partial charge is 0.490 e. The van der Waals surface area contributed by atoms with E-state index < -0.39 is 5.54 Å². The van der Waals surface area contributed by atoms with Crippen LogP contribution < -0.4 is 15.8 Å². The molecule has 4 nitrogen and oxygen atoms in total. The van der Waals surface area contributed by atoms with Gasteiger partial charge in [0.2, 0.25) is 5.91 Å². The van der Waals surface area contributed by atoms with Gasteiger partial charge >= 0.3 is 0 Å². The highest BCUT2D eigenvalue weighted by molar-refractivity contribution is 5.84. The van der Waals surface area contributed by atoms with Gasteiger partial charge in [-0.15, -0.1) is 0 Å². The lowest BCUT2D eigenvalue weighted by atomic mass is 9.79. The first-order valence-corrected chi connectivity index (χ1v) is 6.88. The van der Waals surface area contributed by atoms with Crippen molar-refractivity contribution in [2.45, 2.75) is 44.2 Å². The Morgan fingerprint density at radius 1 is 1.55 bits per heavy atom. The minimum Gasteiger partial charge on any atom is -0.490 e. The highest BCUT2D eigenvalue weighted by atomic mass is 19.1. The molecule has 0 bridgehead atoms. The van der Waals surface area contributed by atoms with Gasteiger partial charge in [-0.2, -0.15) is 0 Å². The number of hydrogen-bond donors (Lipinski definition) is 2. The number of ether oxygens (including phenoxy) is 1. The standard InChI is InChI=1S/C15H21FN2O2/c1-10-5-6-11(8-13(10)16)20-12-4-3-7-15(9-12,18-2)14(17)19/h5-6,8,12,18H,3-4,7,9H2,1-2H3,(H2,17,19). The quantitative estimate of drug-likeness (QED) is 0.885. The third-order valence-corrected chi connectivity index (χ3v) is 4.10. The van der Waals surface area contributed by atoms with Crippen molar-refractivity contribution in [1.82, 2.24) is 5.32 Å². The summed E-state index contributed by atoms with van der Waals surface area (Å²) in [7, 11) is 1.73. The van der Waals surface area contributed by atoms with Crippen molar-refractivity contribution in [3.05, 3.63) is 29.6 Å². The molecule has 2 rings (SSSR count). The number of primary amides is 1. The van der Waals surface area contributed by atoms with Gasteiger partial charge in [0.1, 0.15) is 23.2 Å². The first-order chi connectivity index (χ1) is 9.47. The summed E-state index contributed by atoms with van der Waals surface area (Å²) in [6.45, 7) is 1.71. The molecule has 5 heteroatoms. The molecular weight excluding hydrogens is 259 g/mol. The lowest BCUT2D eigenvalue weighted by Gasteiger charge is -2.38. The molecule has 1 aromatic carbocycles. The van der Waals surface area contributed by atoms with Crippen molar-refractivity contribution < 1.29 is 13.9 Å². The van der Waals surface area contributed by atoms with Crippen molar-refractivity contribution >= 4 is 5.91 Å². The molecule has 1 saturated carbocycles. The molecule has 0 aromatic heterocycles. The minimum absolute atomic E-state index is 0.134. The number of aryl methyl sites for hydroxylation is 1. The molecule has 1 amide bonds. The Kier molecular flexibility index (Phi) is 4.28. The summed E-state index contributed by atoms with van der Waals surface area (Å²) < 4.78 is 19.3. The first-order valence-electron chi connectivity index (χ1n) is 6.88. The van der Waals surface area contributed by atoms with Gasteiger partial charge in [-0.05, 0) is 44.9 Å². The zero-order valence-electron chi connectivity index (χ0n) is 11.9. The van der Waals surface area contributed by atoms with Gasteiger partial charge in [0, 0.05) is 12.5 Å². The fourth-order valence-electron chi connectivity index (χ4n) is 2.74. The predicted molar refractivity (Wildman–Crippen MR) is 75.0 cm³/mol. The third-order valence-electron chi connectivity index (χ3n) is 4.10. The maximum Gasteiger partial charge on any atom is 0.237 e. The lowest BCUT2D eigenvalue weighted by Crippen LogP contribution is -2.58. The molecule has 3 N–H and O–H groups in total. The molecule has 1 fully saturated rings. The van der Waals surface area contributed by atoms with Gasteiger partial charge in [0.15, 0.2) is 0 Å². The van der Waals surface area contributed by atoms with E-state index in [1.54, 1.807) is 26.1 Å². The van der Waals surface area contributed by atoms with Crippen LogP contribution in [0.2, 0.25) is 0 Å². The van der Waals surface area contributed by atoms with E-state index in [-0.39, 0.29) is 17.8 Å². The van der Waals surface area contributed by atoms with E-state index in [9.17, 15) is 9.18 Å². The number of amides is 1. The van der Waals surface area contributed by atoms with Crippen LogP contribution in [0.15, 0.2) is 18.2 Å². The van der Waals surface area contributed by atoms with E-state index in [1.165, 1.54) is 6.07 Å². The second-order valence-corrected chi connectivity index (χ2v) is 5.44. The van der Waals surface area contributed by atoms with Gasteiger partial charge < -0.3 is 15.8 Å². The molecule has 2 unspecified atom stereocenters. The van der Waals surface area contributed by atoms with E-state index in [4.69, 9.17) is 10.5 Å². The van der Waals surface area contributed by atoms with E-state index in [2.05, 4.69) is 5.32 Å². The maximum absolute atomic E-state index is 13.5. The van der Waals surface area contributed by atoms with Crippen LogP contribution in [-0.2, 0) is 4.79 Å². The van der Waals surface area contributed by atoms with E-state index in [0.29, 0.717) is 24.2 Å². The molecule has 1 aliphatic rings. The Morgan fingerprint density at radius 3 is 2.90 bits per heavy atom. The number of nitrogens with one attached hydrogen (secondary N) is 1. The minimum atomic E-state index is -0.716. The van der Waals surface area contributed by atoms with Crippen LogP contribution in [0.4, 0.5) is 4.39 Å². The van der Waals surface area contributed by atoms with Crippen LogP contribution in [0, 0.1) is 12.7 Å². The molecule has 0 radical (unpaired) electrons. The summed E-state index contributed by atoms with van der Waals surface area (Å²) in [6, 6.07) is 4.82. The fraction of sp³-hybridized carbons (Fsp3) is 0.533. The van der Waals surface area contributed by atoms with Gasteiger partial charge in [-0.3, -0.25) is 4.79 Å². The Balaban J connectivity index is 2.09. The predicted octanol–water partition coefficient (Wildman–Crippen LogP) is 1.90. The monoisotopic (exact) mass is 280 g/mol. The van der Waals surface area contributed by atoms with Gasteiger partial charge in [-0.1, -0.05) is 6.07 Å². The van der Waals surface area contributed by atoms with Gasteiger partial charge in [-0.25, -0.2) is 4.39 Å². The van der Waals surface area contributed by atoms with Crippen molar-refractivity contribution in [1.29, 1.82) is 0 Å². The number of carbonyl (C=O) groups excluding carboxylic acids is 1. The average molecular weight is 280 g/mol. The molecule has 110 valence electrons. The molecule has 0 heterocycles. The Morgan fingerprint density at radius 2 is 2.30 bits per heavy atom. The van der Waals surface area contributed by atoms with E-state index >= 15 is 0 Å². The number of likely N-dealkylation sites (N-methyl/N-ethyl adjacent to an activating group) is 1. The van der Waals surface area contributed by atoms with E-state index in [1.807, 2.05) is 0 Å². The molecule has 0 saturated heterocycles. The summed E-state index contributed by atoms with van der Waals surface area (Å²) in [5, 5.41) is 3.02. The van der Waals surface area contributed by atoms with Crippen molar-refractivity contribution in [3.8, 4) is 5.75 Å². The smallest absolute Gasteiger partial charge is 0.237 e. The third kappa shape index (κ3) is 2.93. The number of carbonyl (C=O) groups is 1. The molecule has 0 aliphatic heterocycles. The number of hydrogen-bond acceptors (Lipinski definition) is 3. The first kappa shape index (κ1) is 14.8. The van der Waals surface area contributed by atoms with Crippen molar-refractivity contribution in [2.24, 2.45) is 5.73 Å². The van der Waals surface area contributed by atoms with Crippen LogP contribution in [0.1, 0.15) is 31.2 Å². The molecule has 1 aromatic rings. The zero-order chi connectivity index (χ0) is 14.8. The second kappa shape index (κ2) is 5.79. The topological polar surface area (TPSA) is 64.3 Å². The van der Waals surface area contributed by atoms with Gasteiger partial charge in [0.05, 0.1) is 0 Å². The Hall–Kier alpha value is -1.62.